The van der Waals surface area contributed by atoms with Gasteiger partial charge in [0.05, 0.1) is 5.69 Å². The minimum atomic E-state index is -0.324. The fraction of sp³-hybridized carbons (Fsp3) is 0.182. The van der Waals surface area contributed by atoms with E-state index in [9.17, 15) is 4.79 Å². The Kier molecular flexibility index (Phi) is 2.48. The van der Waals surface area contributed by atoms with Crippen LogP contribution in [0.2, 0.25) is 0 Å². The number of nitrogens with one attached hydrogen (secondary N) is 2. The zero-order valence-corrected chi connectivity index (χ0v) is 10.4. The molecule has 0 aromatic carbocycles. The van der Waals surface area contributed by atoms with Crippen LogP contribution in [-0.2, 0) is 0 Å². The summed E-state index contributed by atoms with van der Waals surface area (Å²) >= 11 is 0. The molecule has 8 nitrogen and oxygen atoms in total. The summed E-state index contributed by atoms with van der Waals surface area (Å²) in [5.41, 5.74) is 2.92. The summed E-state index contributed by atoms with van der Waals surface area (Å²) in [4.78, 5) is 16.6. The van der Waals surface area contributed by atoms with Crippen LogP contribution in [0.3, 0.4) is 0 Å². The number of pyridine rings is 1. The summed E-state index contributed by atoms with van der Waals surface area (Å²) in [7, 11) is 0. The van der Waals surface area contributed by atoms with Crippen molar-refractivity contribution in [3.63, 3.8) is 0 Å². The predicted octanol–water partition coefficient (Wildman–Crippen LogP) is 0.717. The van der Waals surface area contributed by atoms with Gasteiger partial charge in [-0.2, -0.15) is 5.21 Å². The summed E-state index contributed by atoms with van der Waals surface area (Å²) in [5, 5.41) is 15.6. The van der Waals surface area contributed by atoms with Gasteiger partial charge in [-0.3, -0.25) is 14.5 Å². The van der Waals surface area contributed by atoms with E-state index in [1.165, 1.54) is 0 Å². The van der Waals surface area contributed by atoms with Crippen LogP contribution in [0.15, 0.2) is 18.3 Å². The van der Waals surface area contributed by atoms with Crippen molar-refractivity contribution in [1.29, 1.82) is 0 Å². The normalized spacial score (nSPS) is 10.8. The van der Waals surface area contributed by atoms with E-state index in [2.05, 4.69) is 30.9 Å². The van der Waals surface area contributed by atoms with Crippen LogP contribution in [0.5, 0.6) is 0 Å². The second-order valence-corrected chi connectivity index (χ2v) is 4.17. The molecule has 0 radical (unpaired) electrons. The Morgan fingerprint density at radius 2 is 2.26 bits per heavy atom. The Balaban J connectivity index is 2.04. The third-order valence-electron chi connectivity index (χ3n) is 2.74. The van der Waals surface area contributed by atoms with Gasteiger partial charge in [0, 0.05) is 6.20 Å². The topological polar surface area (TPSA) is 101 Å². The van der Waals surface area contributed by atoms with Crippen LogP contribution in [0.25, 0.3) is 5.65 Å². The second-order valence-electron chi connectivity index (χ2n) is 4.17. The van der Waals surface area contributed by atoms with Crippen LogP contribution in [0.4, 0.5) is 5.95 Å². The van der Waals surface area contributed by atoms with Gasteiger partial charge in [-0.1, -0.05) is 5.10 Å². The lowest BCUT2D eigenvalue weighted by atomic mass is 10.3. The number of aromatic nitrogens is 6. The number of carbonyl (C=O) groups excluding carboxylic acids is 1. The van der Waals surface area contributed by atoms with Crippen LogP contribution >= 0.6 is 0 Å². The highest BCUT2D eigenvalue weighted by atomic mass is 16.2. The average Bonchev–Trinajstić information content (AvgIpc) is 2.95. The van der Waals surface area contributed by atoms with E-state index in [1.54, 1.807) is 11.3 Å². The maximum atomic E-state index is 12.2. The van der Waals surface area contributed by atoms with Gasteiger partial charge >= 0.3 is 0 Å². The molecule has 19 heavy (non-hydrogen) atoms. The lowest BCUT2D eigenvalue weighted by Crippen LogP contribution is -2.16. The minimum absolute atomic E-state index is 0.131. The highest BCUT2D eigenvalue weighted by Crippen LogP contribution is 2.14. The maximum absolute atomic E-state index is 12.2. The molecular formula is C11H11N7O. The third kappa shape index (κ3) is 1.92. The van der Waals surface area contributed by atoms with E-state index in [4.69, 9.17) is 0 Å². The molecule has 0 saturated carbocycles. The monoisotopic (exact) mass is 257 g/mol. The first-order valence-electron chi connectivity index (χ1n) is 5.65. The molecule has 3 aromatic rings. The van der Waals surface area contributed by atoms with Crippen molar-refractivity contribution in [2.45, 2.75) is 13.8 Å². The van der Waals surface area contributed by atoms with Crippen molar-refractivity contribution in [3.05, 3.63) is 35.3 Å². The van der Waals surface area contributed by atoms with E-state index < -0.39 is 0 Å². The standard InChI is InChI=1S/C11H11N7O/c1-6-3-4-18-8(5-6)12-7(2)9(18)10(19)13-11-14-16-17-15-11/h3-5H,1-2H3,(H2,13,14,15,16,17,19). The van der Waals surface area contributed by atoms with E-state index in [1.807, 2.05) is 25.3 Å². The largest absolute Gasteiger partial charge is 0.295 e. The van der Waals surface area contributed by atoms with Gasteiger partial charge < -0.3 is 0 Å². The van der Waals surface area contributed by atoms with Gasteiger partial charge in [-0.15, -0.1) is 5.10 Å². The molecule has 0 bridgehead atoms. The average molecular weight is 257 g/mol. The molecule has 3 aromatic heterocycles. The van der Waals surface area contributed by atoms with Gasteiger partial charge in [0.2, 0.25) is 0 Å². The number of H-pyrrole nitrogens is 1. The highest BCUT2D eigenvalue weighted by Gasteiger charge is 2.17. The first-order chi connectivity index (χ1) is 9.15. The zero-order valence-electron chi connectivity index (χ0n) is 10.4. The number of hydrogen-bond acceptors (Lipinski definition) is 5. The Bertz CT molecular complexity index is 744. The SMILES string of the molecule is Cc1ccn2c(C(=O)Nc3nn[nH]n3)c(C)nc2c1. The minimum Gasteiger partial charge on any atom is -0.295 e. The lowest BCUT2D eigenvalue weighted by molar-refractivity contribution is 0.102. The summed E-state index contributed by atoms with van der Waals surface area (Å²) in [6, 6.07) is 3.83. The maximum Gasteiger partial charge on any atom is 0.277 e. The Morgan fingerprint density at radius 3 is 3.00 bits per heavy atom. The fourth-order valence-electron chi connectivity index (χ4n) is 1.91. The summed E-state index contributed by atoms with van der Waals surface area (Å²) < 4.78 is 1.73. The number of fused-ring (bicyclic) bond motifs is 1. The second kappa shape index (κ2) is 4.16. The number of rotatable bonds is 2. The first-order valence-corrected chi connectivity index (χ1v) is 5.65. The molecule has 0 aliphatic heterocycles. The molecule has 96 valence electrons. The van der Waals surface area contributed by atoms with Crippen molar-refractivity contribution in [1.82, 2.24) is 30.0 Å². The number of hydrogen-bond donors (Lipinski definition) is 2. The molecule has 3 rings (SSSR count). The van der Waals surface area contributed by atoms with Crippen molar-refractivity contribution in [3.8, 4) is 0 Å². The van der Waals surface area contributed by atoms with Crippen molar-refractivity contribution < 1.29 is 4.79 Å². The number of nitrogens with zero attached hydrogens (tertiary/aromatic N) is 5. The van der Waals surface area contributed by atoms with E-state index >= 15 is 0 Å². The molecule has 0 fully saturated rings. The number of carbonyl (C=O) groups is 1. The molecule has 0 atom stereocenters. The fourth-order valence-corrected chi connectivity index (χ4v) is 1.91. The van der Waals surface area contributed by atoms with E-state index in [-0.39, 0.29) is 11.9 Å². The molecule has 0 spiro atoms. The molecule has 0 saturated heterocycles. The van der Waals surface area contributed by atoms with E-state index in [0.29, 0.717) is 11.4 Å². The number of aromatic amines is 1. The Labute approximate surface area is 107 Å². The summed E-state index contributed by atoms with van der Waals surface area (Å²) in [6.07, 6.45) is 1.82. The predicted molar refractivity (Wildman–Crippen MR) is 66.8 cm³/mol. The van der Waals surface area contributed by atoms with Gasteiger partial charge in [0.25, 0.3) is 11.9 Å². The molecule has 0 aliphatic carbocycles. The van der Waals surface area contributed by atoms with Crippen LogP contribution in [0.1, 0.15) is 21.7 Å². The third-order valence-corrected chi connectivity index (χ3v) is 2.74. The zero-order chi connectivity index (χ0) is 13.4. The van der Waals surface area contributed by atoms with Gasteiger partial charge in [0.1, 0.15) is 11.3 Å². The van der Waals surface area contributed by atoms with E-state index in [0.717, 1.165) is 11.2 Å². The number of anilines is 1. The first kappa shape index (κ1) is 11.3. The molecule has 8 heteroatoms. The molecule has 1 amide bonds. The summed E-state index contributed by atoms with van der Waals surface area (Å²) in [5.74, 6) is -0.193. The van der Waals surface area contributed by atoms with Crippen molar-refractivity contribution in [2.24, 2.45) is 0 Å². The number of amides is 1. The molecular weight excluding hydrogens is 246 g/mol. The molecule has 0 unspecified atom stereocenters. The molecule has 2 N–H and O–H groups in total. The van der Waals surface area contributed by atoms with Crippen molar-refractivity contribution in [2.75, 3.05) is 5.32 Å². The molecule has 3 heterocycles. The number of imidazole rings is 1. The van der Waals surface area contributed by atoms with Gasteiger partial charge in [0.15, 0.2) is 0 Å². The lowest BCUT2D eigenvalue weighted by Gasteiger charge is -2.02. The Morgan fingerprint density at radius 1 is 1.42 bits per heavy atom. The van der Waals surface area contributed by atoms with Crippen LogP contribution < -0.4 is 5.32 Å². The van der Waals surface area contributed by atoms with Gasteiger partial charge in [-0.25, -0.2) is 4.98 Å². The van der Waals surface area contributed by atoms with Crippen LogP contribution in [0, 0.1) is 13.8 Å². The van der Waals surface area contributed by atoms with Gasteiger partial charge in [-0.05, 0) is 36.8 Å². The number of aryl methyl sites for hydroxylation is 2. The summed E-state index contributed by atoms with van der Waals surface area (Å²) in [6.45, 7) is 3.76. The smallest absolute Gasteiger partial charge is 0.277 e. The Hall–Kier alpha value is -2.77. The molecule has 0 aliphatic rings. The number of tetrazole rings is 1. The van der Waals surface area contributed by atoms with Crippen molar-refractivity contribution >= 4 is 17.5 Å². The highest BCUT2D eigenvalue weighted by molar-refractivity contribution is 6.03. The van der Waals surface area contributed by atoms with Crippen LogP contribution in [-0.4, -0.2) is 35.9 Å². The quantitative estimate of drug-likeness (QED) is 0.704.